The highest BCUT2D eigenvalue weighted by molar-refractivity contribution is 5.85. The number of benzene rings is 1. The summed E-state index contributed by atoms with van der Waals surface area (Å²) in [6, 6.07) is 4.53. The molecule has 1 aromatic rings. The van der Waals surface area contributed by atoms with Gasteiger partial charge in [0, 0.05) is 25.6 Å². The largest absolute Gasteiger partial charge is 0.494 e. The molecule has 23 heavy (non-hydrogen) atoms. The lowest BCUT2D eigenvalue weighted by Crippen LogP contribution is -2.45. The molecular weight excluding hydrogens is 323 g/mol. The molecule has 1 aromatic carbocycles. The van der Waals surface area contributed by atoms with E-state index in [1.807, 2.05) is 0 Å². The van der Waals surface area contributed by atoms with Gasteiger partial charge in [0.25, 0.3) is 0 Å². The van der Waals surface area contributed by atoms with E-state index in [4.69, 9.17) is 15.2 Å². The number of carbonyl (C=O) groups excluding carboxylic acids is 1. The maximum Gasteiger partial charge on any atom is 0.223 e. The van der Waals surface area contributed by atoms with Crippen molar-refractivity contribution in [1.82, 2.24) is 5.32 Å². The van der Waals surface area contributed by atoms with E-state index in [2.05, 4.69) is 5.32 Å². The van der Waals surface area contributed by atoms with Crippen molar-refractivity contribution in [3.8, 4) is 5.75 Å². The van der Waals surface area contributed by atoms with E-state index in [0.717, 1.165) is 12.8 Å². The zero-order chi connectivity index (χ0) is 16.1. The van der Waals surface area contributed by atoms with Crippen LogP contribution in [-0.2, 0) is 16.1 Å². The Labute approximate surface area is 142 Å². The fourth-order valence-electron chi connectivity index (χ4n) is 2.86. The lowest BCUT2D eigenvalue weighted by molar-refractivity contribution is -0.127. The minimum atomic E-state index is -0.433. The van der Waals surface area contributed by atoms with Crippen LogP contribution in [-0.4, -0.2) is 32.3 Å². The normalized spacial score (nSPS) is 23.7. The first-order valence-corrected chi connectivity index (χ1v) is 7.43. The molecule has 3 N–H and O–H groups in total. The van der Waals surface area contributed by atoms with Crippen molar-refractivity contribution in [1.29, 1.82) is 0 Å². The van der Waals surface area contributed by atoms with E-state index in [0.29, 0.717) is 18.5 Å². The van der Waals surface area contributed by atoms with E-state index < -0.39 is 5.82 Å². The number of rotatable bonds is 5. The molecule has 1 saturated carbocycles. The zero-order valence-electron chi connectivity index (χ0n) is 13.4. The Balaban J connectivity index is 0.00000264. The fraction of sp³-hybridized carbons (Fsp3) is 0.562. The third-order valence-electron chi connectivity index (χ3n) is 4.19. The van der Waals surface area contributed by atoms with Gasteiger partial charge in [-0.2, -0.15) is 0 Å². The summed E-state index contributed by atoms with van der Waals surface area (Å²) in [7, 11) is 3.06. The standard InChI is InChI=1S/C16H23FN2O3.ClH/c1-21-14-5-3-10(7-12(14)17)9-19-16(20)11-4-6-15(22-2)13(18)8-11;/h3,5,7,11,13,15H,4,6,8-9,18H2,1-2H3,(H,19,20);1H/t11-,13+,15+;/m0./s1. The second-order valence-electron chi connectivity index (χ2n) is 5.63. The Morgan fingerprint density at radius 1 is 1.39 bits per heavy atom. The molecule has 1 aliphatic rings. The van der Waals surface area contributed by atoms with Crippen LogP contribution in [0.5, 0.6) is 5.75 Å². The van der Waals surface area contributed by atoms with Crippen LogP contribution in [0.15, 0.2) is 18.2 Å². The fourth-order valence-corrected chi connectivity index (χ4v) is 2.86. The summed E-state index contributed by atoms with van der Waals surface area (Å²) in [5.41, 5.74) is 6.70. The number of halogens is 2. The molecule has 0 radical (unpaired) electrons. The van der Waals surface area contributed by atoms with Crippen LogP contribution in [0.25, 0.3) is 0 Å². The number of ether oxygens (including phenoxy) is 2. The first kappa shape index (κ1) is 19.7. The van der Waals surface area contributed by atoms with Crippen molar-refractivity contribution < 1.29 is 18.7 Å². The molecule has 5 nitrogen and oxygen atoms in total. The van der Waals surface area contributed by atoms with Crippen LogP contribution < -0.4 is 15.8 Å². The molecule has 0 spiro atoms. The molecule has 7 heteroatoms. The Morgan fingerprint density at radius 2 is 2.13 bits per heavy atom. The van der Waals surface area contributed by atoms with Gasteiger partial charge in [-0.25, -0.2) is 4.39 Å². The van der Waals surface area contributed by atoms with Crippen molar-refractivity contribution in [2.24, 2.45) is 11.7 Å². The highest BCUT2D eigenvalue weighted by Gasteiger charge is 2.31. The van der Waals surface area contributed by atoms with Gasteiger partial charge in [-0.3, -0.25) is 4.79 Å². The van der Waals surface area contributed by atoms with Crippen LogP contribution in [0.4, 0.5) is 4.39 Å². The van der Waals surface area contributed by atoms with Gasteiger partial charge in [0.15, 0.2) is 11.6 Å². The highest BCUT2D eigenvalue weighted by Crippen LogP contribution is 2.25. The second-order valence-corrected chi connectivity index (χ2v) is 5.63. The maximum absolute atomic E-state index is 13.6. The number of hydrogen-bond donors (Lipinski definition) is 2. The summed E-state index contributed by atoms with van der Waals surface area (Å²) in [6.07, 6.45) is 2.18. The third kappa shape index (κ3) is 5.06. The van der Waals surface area contributed by atoms with Crippen molar-refractivity contribution >= 4 is 18.3 Å². The Kier molecular flexibility index (Phi) is 7.75. The third-order valence-corrected chi connectivity index (χ3v) is 4.19. The lowest BCUT2D eigenvalue weighted by atomic mass is 9.83. The van der Waals surface area contributed by atoms with Gasteiger partial charge >= 0.3 is 0 Å². The zero-order valence-corrected chi connectivity index (χ0v) is 14.2. The van der Waals surface area contributed by atoms with Crippen molar-refractivity contribution in [2.75, 3.05) is 14.2 Å². The molecule has 0 unspecified atom stereocenters. The Bertz CT molecular complexity index is 530. The Hall–Kier alpha value is -1.37. The van der Waals surface area contributed by atoms with Crippen molar-refractivity contribution in [3.63, 3.8) is 0 Å². The molecule has 1 amide bonds. The molecule has 0 aromatic heterocycles. The minimum absolute atomic E-state index is 0. The first-order valence-electron chi connectivity index (χ1n) is 7.43. The van der Waals surface area contributed by atoms with E-state index in [-0.39, 0.29) is 42.1 Å². The topological polar surface area (TPSA) is 73.6 Å². The number of carbonyl (C=O) groups is 1. The van der Waals surface area contributed by atoms with Gasteiger partial charge in [0.2, 0.25) is 5.91 Å². The quantitative estimate of drug-likeness (QED) is 0.855. The SMILES string of the molecule is COc1ccc(CNC(=O)[C@H]2CC[C@@H](OC)[C@H](N)C2)cc1F.Cl. The number of hydrogen-bond acceptors (Lipinski definition) is 4. The molecule has 3 atom stereocenters. The molecule has 0 aliphatic heterocycles. The van der Waals surface area contributed by atoms with Gasteiger partial charge in [-0.1, -0.05) is 6.07 Å². The van der Waals surface area contributed by atoms with Crippen LogP contribution in [0.1, 0.15) is 24.8 Å². The number of nitrogens with two attached hydrogens (primary N) is 1. The molecule has 1 fully saturated rings. The summed E-state index contributed by atoms with van der Waals surface area (Å²) in [4.78, 5) is 12.2. The predicted octanol–water partition coefficient (Wildman–Crippen LogP) is 2.01. The number of nitrogens with one attached hydrogen (secondary N) is 1. The molecule has 1 aliphatic carbocycles. The van der Waals surface area contributed by atoms with Gasteiger partial charge in [0.05, 0.1) is 13.2 Å². The second kappa shape index (κ2) is 9.05. The maximum atomic E-state index is 13.6. The van der Waals surface area contributed by atoms with Crippen LogP contribution in [0.3, 0.4) is 0 Å². The number of methoxy groups -OCH3 is 2. The van der Waals surface area contributed by atoms with Gasteiger partial charge < -0.3 is 20.5 Å². The minimum Gasteiger partial charge on any atom is -0.494 e. The van der Waals surface area contributed by atoms with Crippen LogP contribution in [0.2, 0.25) is 0 Å². The van der Waals surface area contributed by atoms with Gasteiger partial charge in [0.1, 0.15) is 0 Å². The van der Waals surface area contributed by atoms with Crippen molar-refractivity contribution in [2.45, 2.75) is 38.0 Å². The average Bonchev–Trinajstić information content (AvgIpc) is 2.52. The van der Waals surface area contributed by atoms with Gasteiger partial charge in [-0.05, 0) is 37.0 Å². The Morgan fingerprint density at radius 3 is 2.70 bits per heavy atom. The molecule has 130 valence electrons. The van der Waals surface area contributed by atoms with Crippen LogP contribution >= 0.6 is 12.4 Å². The van der Waals surface area contributed by atoms with E-state index >= 15 is 0 Å². The van der Waals surface area contributed by atoms with E-state index in [9.17, 15) is 9.18 Å². The highest BCUT2D eigenvalue weighted by atomic mass is 35.5. The van der Waals surface area contributed by atoms with E-state index in [1.54, 1.807) is 19.2 Å². The van der Waals surface area contributed by atoms with E-state index in [1.165, 1.54) is 13.2 Å². The molecular formula is C16H24ClFN2O3. The summed E-state index contributed by atoms with van der Waals surface area (Å²) in [6.45, 7) is 0.291. The van der Waals surface area contributed by atoms with Gasteiger partial charge in [-0.15, -0.1) is 12.4 Å². The smallest absolute Gasteiger partial charge is 0.223 e. The summed E-state index contributed by atoms with van der Waals surface area (Å²) >= 11 is 0. The van der Waals surface area contributed by atoms with Crippen molar-refractivity contribution in [3.05, 3.63) is 29.6 Å². The predicted molar refractivity (Wildman–Crippen MR) is 88.2 cm³/mol. The molecule has 2 rings (SSSR count). The molecule has 0 bridgehead atoms. The lowest BCUT2D eigenvalue weighted by Gasteiger charge is -2.32. The summed E-state index contributed by atoms with van der Waals surface area (Å²) in [5, 5.41) is 2.84. The summed E-state index contributed by atoms with van der Waals surface area (Å²) < 4.78 is 23.7. The van der Waals surface area contributed by atoms with Crippen LogP contribution in [0, 0.1) is 11.7 Å². The first-order chi connectivity index (χ1) is 10.5. The molecule has 0 saturated heterocycles. The molecule has 0 heterocycles. The summed E-state index contributed by atoms with van der Waals surface area (Å²) in [5.74, 6) is -0.387. The average molecular weight is 347 g/mol. The number of amides is 1. The monoisotopic (exact) mass is 346 g/mol.